The van der Waals surface area contributed by atoms with E-state index in [0.717, 1.165) is 5.56 Å². The van der Waals surface area contributed by atoms with Gasteiger partial charge in [-0.15, -0.1) is 0 Å². The molecule has 3 aromatic rings. The average Bonchev–Trinajstić information content (AvgIpc) is 2.58. The molecule has 7 nitrogen and oxygen atoms in total. The maximum absolute atomic E-state index is 12.7. The minimum absolute atomic E-state index is 0.0165. The first-order valence-electron chi connectivity index (χ1n) is 7.08. The molecule has 0 unspecified atom stereocenters. The van der Waals surface area contributed by atoms with E-state index in [2.05, 4.69) is 9.97 Å². The fourth-order valence-corrected chi connectivity index (χ4v) is 2.86. The van der Waals surface area contributed by atoms with Crippen molar-refractivity contribution in [1.82, 2.24) is 14.5 Å². The molecule has 0 atom stereocenters. The number of fused-ring (bicyclic) bond motifs is 1. The molecule has 24 heavy (non-hydrogen) atoms. The number of pyridine rings is 1. The Morgan fingerprint density at radius 2 is 2.04 bits per heavy atom. The number of rotatable bonds is 3. The fraction of sp³-hybridized carbons (Fsp3) is 0.188. The van der Waals surface area contributed by atoms with Crippen LogP contribution in [0.5, 0.6) is 0 Å². The smallest absolute Gasteiger partial charge is 0.277 e. The molecule has 0 fully saturated rings. The largest absolute Gasteiger partial charge is 0.309 e. The van der Waals surface area contributed by atoms with Crippen molar-refractivity contribution in [2.45, 2.75) is 12.1 Å². The highest BCUT2D eigenvalue weighted by atomic mass is 32.2. The van der Waals surface area contributed by atoms with Crippen molar-refractivity contribution >= 4 is 28.4 Å². The van der Waals surface area contributed by atoms with Gasteiger partial charge < -0.3 is 4.57 Å². The first kappa shape index (κ1) is 16.1. The number of thioether (sulfide) groups is 1. The molecule has 0 aliphatic carbocycles. The third kappa shape index (κ3) is 2.65. The Labute approximate surface area is 141 Å². The monoisotopic (exact) mass is 342 g/mol. The first-order chi connectivity index (χ1) is 11.4. The number of aromatic nitrogens is 3. The molecule has 0 saturated carbocycles. The zero-order valence-electron chi connectivity index (χ0n) is 13.3. The standard InChI is InChI=1S/C16H14N4O3S/c1-9-4-5-11(20(22)23)7-12(9)13-6-10-8-17-16(24-3)18-14(10)15(21)19(13)2/h4-8H,1-3H3. The first-order valence-corrected chi connectivity index (χ1v) is 8.31. The molecule has 3 rings (SSSR count). The summed E-state index contributed by atoms with van der Waals surface area (Å²) >= 11 is 1.36. The van der Waals surface area contributed by atoms with Crippen LogP contribution in [0.4, 0.5) is 5.69 Å². The maximum Gasteiger partial charge on any atom is 0.277 e. The van der Waals surface area contributed by atoms with Gasteiger partial charge in [-0.25, -0.2) is 9.97 Å². The van der Waals surface area contributed by atoms with Crippen LogP contribution in [0.3, 0.4) is 0 Å². The second-order valence-electron chi connectivity index (χ2n) is 5.31. The van der Waals surface area contributed by atoms with E-state index in [0.29, 0.717) is 27.3 Å². The molecule has 0 spiro atoms. The lowest BCUT2D eigenvalue weighted by Crippen LogP contribution is -2.20. The number of hydrogen-bond acceptors (Lipinski definition) is 6. The second kappa shape index (κ2) is 6.04. The summed E-state index contributed by atoms with van der Waals surface area (Å²) in [5, 5.41) is 12.2. The van der Waals surface area contributed by atoms with Crippen LogP contribution in [0.15, 0.2) is 40.4 Å². The van der Waals surface area contributed by atoms with Crippen LogP contribution in [0, 0.1) is 17.0 Å². The van der Waals surface area contributed by atoms with E-state index in [1.165, 1.54) is 28.5 Å². The number of hydrogen-bond donors (Lipinski definition) is 0. The second-order valence-corrected chi connectivity index (χ2v) is 6.08. The minimum Gasteiger partial charge on any atom is -0.309 e. The summed E-state index contributed by atoms with van der Waals surface area (Å²) in [6, 6.07) is 6.39. The number of nitrogens with zero attached hydrogens (tertiary/aromatic N) is 4. The van der Waals surface area contributed by atoms with Gasteiger partial charge in [0.05, 0.1) is 10.6 Å². The van der Waals surface area contributed by atoms with Gasteiger partial charge >= 0.3 is 0 Å². The summed E-state index contributed by atoms with van der Waals surface area (Å²) < 4.78 is 1.46. The predicted octanol–water partition coefficient (Wildman–Crippen LogP) is 2.93. The topological polar surface area (TPSA) is 90.9 Å². The lowest BCUT2D eigenvalue weighted by molar-refractivity contribution is -0.384. The van der Waals surface area contributed by atoms with Crippen molar-refractivity contribution in [3.8, 4) is 11.3 Å². The number of nitro groups is 1. The van der Waals surface area contributed by atoms with Gasteiger partial charge in [-0.2, -0.15) is 0 Å². The molecule has 0 aliphatic heterocycles. The summed E-state index contributed by atoms with van der Waals surface area (Å²) in [5.74, 6) is 0. The van der Waals surface area contributed by atoms with E-state index >= 15 is 0 Å². The lowest BCUT2D eigenvalue weighted by atomic mass is 10.0. The molecule has 8 heteroatoms. The van der Waals surface area contributed by atoms with Crippen LogP contribution in [-0.2, 0) is 7.05 Å². The molecule has 1 aromatic carbocycles. The van der Waals surface area contributed by atoms with Gasteiger partial charge in [0.2, 0.25) is 0 Å². The molecule has 0 bridgehead atoms. The highest BCUT2D eigenvalue weighted by molar-refractivity contribution is 7.98. The van der Waals surface area contributed by atoms with Crippen molar-refractivity contribution in [1.29, 1.82) is 0 Å². The van der Waals surface area contributed by atoms with Crippen molar-refractivity contribution in [2.24, 2.45) is 7.05 Å². The fourth-order valence-electron chi connectivity index (χ4n) is 2.52. The van der Waals surface area contributed by atoms with Crippen molar-refractivity contribution in [3.05, 3.63) is 56.5 Å². The van der Waals surface area contributed by atoms with Gasteiger partial charge in [0.1, 0.15) is 5.52 Å². The maximum atomic E-state index is 12.7. The van der Waals surface area contributed by atoms with Gasteiger partial charge in [0.25, 0.3) is 11.2 Å². The molecule has 0 radical (unpaired) electrons. The molecule has 0 amide bonds. The number of aryl methyl sites for hydroxylation is 1. The minimum atomic E-state index is -0.448. The summed E-state index contributed by atoms with van der Waals surface area (Å²) in [5.41, 5.74) is 2.14. The van der Waals surface area contributed by atoms with E-state index < -0.39 is 4.92 Å². The van der Waals surface area contributed by atoms with E-state index in [9.17, 15) is 14.9 Å². The average molecular weight is 342 g/mol. The number of nitro benzene ring substituents is 1. The van der Waals surface area contributed by atoms with E-state index in [-0.39, 0.29) is 11.2 Å². The third-order valence-electron chi connectivity index (χ3n) is 3.85. The molecule has 0 aliphatic rings. The molecule has 0 saturated heterocycles. The van der Waals surface area contributed by atoms with Crippen LogP contribution >= 0.6 is 11.8 Å². The van der Waals surface area contributed by atoms with Gasteiger partial charge in [-0.1, -0.05) is 17.8 Å². The van der Waals surface area contributed by atoms with Crippen LogP contribution in [0.1, 0.15) is 5.56 Å². The zero-order valence-corrected chi connectivity index (χ0v) is 14.1. The SMILES string of the molecule is CSc1ncc2cc(-c3cc([N+](=O)[O-])ccc3C)n(C)c(=O)c2n1. The lowest BCUT2D eigenvalue weighted by Gasteiger charge is -2.12. The summed E-state index contributed by atoms with van der Waals surface area (Å²) in [4.78, 5) is 31.7. The Morgan fingerprint density at radius 1 is 1.29 bits per heavy atom. The Bertz CT molecular complexity index is 1030. The third-order valence-corrected chi connectivity index (χ3v) is 4.41. The summed E-state index contributed by atoms with van der Waals surface area (Å²) in [7, 11) is 1.64. The van der Waals surface area contributed by atoms with Crippen LogP contribution < -0.4 is 5.56 Å². The molecular weight excluding hydrogens is 328 g/mol. The summed E-state index contributed by atoms with van der Waals surface area (Å²) in [6.45, 7) is 1.85. The Kier molecular flexibility index (Phi) is 4.06. The Balaban J connectivity index is 2.32. The normalized spacial score (nSPS) is 11.0. The van der Waals surface area contributed by atoms with Crippen molar-refractivity contribution in [3.63, 3.8) is 0 Å². The van der Waals surface area contributed by atoms with Gasteiger partial charge in [0, 0.05) is 36.3 Å². The summed E-state index contributed by atoms with van der Waals surface area (Å²) in [6.07, 6.45) is 3.44. The molecule has 2 heterocycles. The van der Waals surface area contributed by atoms with Crippen LogP contribution in [0.25, 0.3) is 22.2 Å². The highest BCUT2D eigenvalue weighted by Gasteiger charge is 2.15. The molecule has 0 N–H and O–H groups in total. The molecule has 122 valence electrons. The Hall–Kier alpha value is -2.74. The van der Waals surface area contributed by atoms with Crippen molar-refractivity contribution < 1.29 is 4.92 Å². The van der Waals surface area contributed by atoms with Gasteiger partial charge in [-0.3, -0.25) is 14.9 Å². The van der Waals surface area contributed by atoms with E-state index in [1.54, 1.807) is 25.4 Å². The highest BCUT2D eigenvalue weighted by Crippen LogP contribution is 2.28. The van der Waals surface area contributed by atoms with Crippen LogP contribution in [-0.4, -0.2) is 25.7 Å². The van der Waals surface area contributed by atoms with Gasteiger partial charge in [0.15, 0.2) is 5.16 Å². The predicted molar refractivity (Wildman–Crippen MR) is 93.4 cm³/mol. The Morgan fingerprint density at radius 3 is 2.71 bits per heavy atom. The van der Waals surface area contributed by atoms with Gasteiger partial charge in [-0.05, 0) is 24.8 Å². The van der Waals surface area contributed by atoms with Crippen LogP contribution in [0.2, 0.25) is 0 Å². The zero-order chi connectivity index (χ0) is 17.4. The molecular formula is C16H14N4O3S. The quantitative estimate of drug-likeness (QED) is 0.314. The molecule has 2 aromatic heterocycles. The van der Waals surface area contributed by atoms with Crippen molar-refractivity contribution in [2.75, 3.05) is 6.26 Å². The number of non-ortho nitro benzene ring substituents is 1. The van der Waals surface area contributed by atoms with E-state index in [4.69, 9.17) is 0 Å². The number of benzene rings is 1. The van der Waals surface area contributed by atoms with E-state index in [1.807, 2.05) is 13.2 Å².